The van der Waals surface area contributed by atoms with Crippen LogP contribution in [0.25, 0.3) is 11.5 Å². The normalized spacial score (nSPS) is 13.8. The summed E-state index contributed by atoms with van der Waals surface area (Å²) in [7, 11) is 0. The fourth-order valence-electron chi connectivity index (χ4n) is 2.87. The Morgan fingerprint density at radius 3 is 2.55 bits per heavy atom. The van der Waals surface area contributed by atoms with E-state index in [4.69, 9.17) is 9.26 Å². The van der Waals surface area contributed by atoms with Crippen molar-refractivity contribution in [3.63, 3.8) is 0 Å². The summed E-state index contributed by atoms with van der Waals surface area (Å²) in [6.07, 6.45) is 0.309. The number of anilines is 1. The maximum absolute atomic E-state index is 13.0. The number of aromatic nitrogens is 2. The van der Waals surface area contributed by atoms with E-state index < -0.39 is 5.97 Å². The Hall–Kier alpha value is -3.88. The third kappa shape index (κ3) is 3.88. The van der Waals surface area contributed by atoms with Gasteiger partial charge in [0.15, 0.2) is 6.61 Å². The molecule has 2 heterocycles. The number of carbonyl (C=O) groups is 3. The van der Waals surface area contributed by atoms with Crippen LogP contribution in [0.15, 0.2) is 53.1 Å². The molecule has 1 aliphatic rings. The molecule has 2 aromatic carbocycles. The molecule has 9 heteroatoms. The van der Waals surface area contributed by atoms with E-state index in [0.717, 1.165) is 4.90 Å². The lowest BCUT2D eigenvalue weighted by molar-refractivity contribution is -0.121. The van der Waals surface area contributed by atoms with E-state index in [1.165, 1.54) is 36.4 Å². The number of esters is 1. The number of halogens is 1. The highest BCUT2D eigenvalue weighted by Crippen LogP contribution is 2.24. The number of ether oxygens (including phenoxy) is 1. The zero-order chi connectivity index (χ0) is 20.4. The van der Waals surface area contributed by atoms with Crippen molar-refractivity contribution in [2.75, 3.05) is 4.90 Å². The molecule has 0 spiro atoms. The molecule has 1 aromatic heterocycles. The molecule has 0 bridgehead atoms. The average molecular weight is 395 g/mol. The van der Waals surface area contributed by atoms with Crippen LogP contribution in [0, 0.1) is 5.82 Å². The van der Waals surface area contributed by atoms with Gasteiger partial charge >= 0.3 is 5.97 Å². The van der Waals surface area contributed by atoms with Crippen molar-refractivity contribution in [2.45, 2.75) is 19.4 Å². The van der Waals surface area contributed by atoms with Crippen LogP contribution in [-0.4, -0.2) is 27.9 Å². The lowest BCUT2D eigenvalue weighted by atomic mass is 10.2. The molecular formula is C20H14FN3O5. The largest absolute Gasteiger partial charge is 0.454 e. The molecule has 8 nitrogen and oxygen atoms in total. The number of hydrogen-bond donors (Lipinski definition) is 0. The maximum atomic E-state index is 13.0. The van der Waals surface area contributed by atoms with Gasteiger partial charge in [0.05, 0.1) is 11.3 Å². The number of imide groups is 1. The number of amides is 2. The highest BCUT2D eigenvalue weighted by atomic mass is 19.1. The molecule has 1 aliphatic heterocycles. The van der Waals surface area contributed by atoms with Crippen LogP contribution in [0.4, 0.5) is 10.1 Å². The first kappa shape index (κ1) is 18.5. The van der Waals surface area contributed by atoms with Crippen molar-refractivity contribution in [1.29, 1.82) is 0 Å². The fourth-order valence-corrected chi connectivity index (χ4v) is 2.87. The summed E-state index contributed by atoms with van der Waals surface area (Å²) >= 11 is 0. The number of benzene rings is 2. The Labute approximate surface area is 163 Å². The van der Waals surface area contributed by atoms with Crippen molar-refractivity contribution < 1.29 is 28.0 Å². The molecule has 0 N–H and O–H groups in total. The van der Waals surface area contributed by atoms with Gasteiger partial charge in [-0.15, -0.1) is 0 Å². The molecule has 146 valence electrons. The lowest BCUT2D eigenvalue weighted by Gasteiger charge is -2.14. The number of nitrogens with zero attached hydrogens (tertiary/aromatic N) is 3. The number of rotatable bonds is 5. The van der Waals surface area contributed by atoms with E-state index >= 15 is 0 Å². The van der Waals surface area contributed by atoms with Crippen LogP contribution in [0.2, 0.25) is 0 Å². The van der Waals surface area contributed by atoms with Gasteiger partial charge in [0, 0.05) is 18.4 Å². The smallest absolute Gasteiger partial charge is 0.338 e. The van der Waals surface area contributed by atoms with Crippen LogP contribution in [-0.2, 0) is 20.9 Å². The van der Waals surface area contributed by atoms with E-state index in [1.807, 2.05) is 0 Å². The summed E-state index contributed by atoms with van der Waals surface area (Å²) in [6, 6.07) is 11.6. The van der Waals surface area contributed by atoms with Crippen LogP contribution in [0.3, 0.4) is 0 Å². The second-order valence-corrected chi connectivity index (χ2v) is 6.27. The Morgan fingerprint density at radius 1 is 1.10 bits per heavy atom. The summed E-state index contributed by atoms with van der Waals surface area (Å²) in [4.78, 5) is 41.2. The lowest BCUT2D eigenvalue weighted by Crippen LogP contribution is -2.28. The molecule has 0 radical (unpaired) electrons. The summed E-state index contributed by atoms with van der Waals surface area (Å²) in [5, 5.41) is 3.73. The highest BCUT2D eigenvalue weighted by Gasteiger charge is 2.30. The zero-order valence-electron chi connectivity index (χ0n) is 15.0. The summed E-state index contributed by atoms with van der Waals surface area (Å²) in [6.45, 7) is -0.241. The van der Waals surface area contributed by atoms with Gasteiger partial charge in [-0.3, -0.25) is 14.5 Å². The van der Waals surface area contributed by atoms with Gasteiger partial charge < -0.3 is 9.26 Å². The topological polar surface area (TPSA) is 103 Å². The molecule has 0 atom stereocenters. The Morgan fingerprint density at radius 2 is 1.83 bits per heavy atom. The van der Waals surface area contributed by atoms with E-state index in [0.29, 0.717) is 11.3 Å². The molecule has 0 saturated carbocycles. The van der Waals surface area contributed by atoms with Crippen molar-refractivity contribution >= 4 is 23.5 Å². The minimum absolute atomic E-state index is 0.138. The summed E-state index contributed by atoms with van der Waals surface area (Å²) in [5.41, 5.74) is 1.03. The second-order valence-electron chi connectivity index (χ2n) is 6.27. The molecule has 0 aliphatic carbocycles. The number of carbonyl (C=O) groups excluding carboxylic acids is 3. The standard InChI is InChI=1S/C20H14FN3O5/c21-14-6-4-12(5-7-14)19-22-16(23-29-19)11-28-20(27)13-2-1-3-15(10-13)24-17(25)8-9-18(24)26/h1-7,10H,8-9,11H2. The molecule has 2 amide bonds. The molecular weight excluding hydrogens is 381 g/mol. The molecule has 1 saturated heterocycles. The maximum Gasteiger partial charge on any atom is 0.338 e. The van der Waals surface area contributed by atoms with Crippen LogP contribution in [0.5, 0.6) is 0 Å². The van der Waals surface area contributed by atoms with Crippen LogP contribution < -0.4 is 4.90 Å². The van der Waals surface area contributed by atoms with Crippen molar-refractivity contribution in [2.24, 2.45) is 0 Å². The highest BCUT2D eigenvalue weighted by molar-refractivity contribution is 6.20. The minimum atomic E-state index is -0.668. The van der Waals surface area contributed by atoms with Crippen molar-refractivity contribution in [3.8, 4) is 11.5 Å². The van der Waals surface area contributed by atoms with Gasteiger partial charge in [0.25, 0.3) is 5.89 Å². The van der Waals surface area contributed by atoms with Crippen LogP contribution >= 0.6 is 0 Å². The Balaban J connectivity index is 1.43. The second kappa shape index (κ2) is 7.63. The third-order valence-electron chi connectivity index (χ3n) is 4.28. The van der Waals surface area contributed by atoms with Gasteiger partial charge in [-0.2, -0.15) is 4.98 Å². The first-order chi connectivity index (χ1) is 14.0. The molecule has 4 rings (SSSR count). The first-order valence-electron chi connectivity index (χ1n) is 8.73. The fraction of sp³-hybridized carbons (Fsp3) is 0.150. The van der Waals surface area contributed by atoms with Gasteiger partial charge in [0.1, 0.15) is 5.82 Å². The van der Waals surface area contributed by atoms with E-state index in [9.17, 15) is 18.8 Å². The summed E-state index contributed by atoms with van der Waals surface area (Å²) in [5.74, 6) is -1.36. The van der Waals surface area contributed by atoms with Crippen molar-refractivity contribution in [3.05, 3.63) is 65.7 Å². The summed E-state index contributed by atoms with van der Waals surface area (Å²) < 4.78 is 23.2. The Kier molecular flexibility index (Phi) is 4.86. The quantitative estimate of drug-likeness (QED) is 0.483. The van der Waals surface area contributed by atoms with Gasteiger partial charge in [0.2, 0.25) is 17.6 Å². The zero-order valence-corrected chi connectivity index (χ0v) is 15.0. The predicted molar refractivity (Wildman–Crippen MR) is 97.0 cm³/mol. The van der Waals surface area contributed by atoms with Crippen molar-refractivity contribution in [1.82, 2.24) is 10.1 Å². The molecule has 0 unspecified atom stereocenters. The monoisotopic (exact) mass is 395 g/mol. The predicted octanol–water partition coefficient (Wildman–Crippen LogP) is 2.89. The number of hydrogen-bond acceptors (Lipinski definition) is 7. The van der Waals surface area contributed by atoms with E-state index in [-0.39, 0.29) is 54.4 Å². The van der Waals surface area contributed by atoms with Gasteiger partial charge in [-0.25, -0.2) is 9.18 Å². The van der Waals surface area contributed by atoms with E-state index in [2.05, 4.69) is 10.1 Å². The van der Waals surface area contributed by atoms with Crippen LogP contribution in [0.1, 0.15) is 29.0 Å². The van der Waals surface area contributed by atoms with Gasteiger partial charge in [-0.05, 0) is 42.5 Å². The molecule has 29 heavy (non-hydrogen) atoms. The van der Waals surface area contributed by atoms with Gasteiger partial charge in [-0.1, -0.05) is 11.2 Å². The Bertz CT molecular complexity index is 1080. The molecule has 3 aromatic rings. The van der Waals surface area contributed by atoms with E-state index in [1.54, 1.807) is 12.1 Å². The minimum Gasteiger partial charge on any atom is -0.454 e. The molecule has 1 fully saturated rings. The third-order valence-corrected chi connectivity index (χ3v) is 4.28. The first-order valence-corrected chi connectivity index (χ1v) is 8.73. The average Bonchev–Trinajstić information content (AvgIpc) is 3.33. The SMILES string of the molecule is O=C(OCc1noc(-c2ccc(F)cc2)n1)c1cccc(N2C(=O)CCC2=O)c1.